The van der Waals surface area contributed by atoms with E-state index >= 15 is 0 Å². The topological polar surface area (TPSA) is 50.8 Å². The van der Waals surface area contributed by atoms with Crippen molar-refractivity contribution < 1.29 is 4.74 Å². The van der Waals surface area contributed by atoms with Gasteiger partial charge in [0.2, 0.25) is 0 Å². The zero-order valence-electron chi connectivity index (χ0n) is 17.0. The number of benzene rings is 2. The van der Waals surface area contributed by atoms with Crippen molar-refractivity contribution in [2.75, 3.05) is 20.1 Å². The number of thiocarbonyl (C=S) groups is 1. The number of nitrogens with two attached hydrogens (primary N) is 1. The number of amidine groups is 1. The highest BCUT2D eigenvalue weighted by Gasteiger charge is 2.09. The van der Waals surface area contributed by atoms with Gasteiger partial charge in [-0.25, -0.2) is 0 Å². The van der Waals surface area contributed by atoms with Crippen LogP contribution >= 0.6 is 12.2 Å². The van der Waals surface area contributed by atoms with Gasteiger partial charge in [0.25, 0.3) is 5.17 Å². The third-order valence-corrected chi connectivity index (χ3v) is 4.69. The van der Waals surface area contributed by atoms with Crippen molar-refractivity contribution >= 4 is 23.2 Å². The van der Waals surface area contributed by atoms with E-state index in [1.54, 1.807) is 0 Å². The van der Waals surface area contributed by atoms with Crippen molar-refractivity contribution in [3.63, 3.8) is 0 Å². The Kier molecular flexibility index (Phi) is 7.74. The average molecular weight is 394 g/mol. The lowest BCUT2D eigenvalue weighted by molar-refractivity contribution is 0.380. The zero-order chi connectivity index (χ0) is 20.7. The predicted octanol–water partition coefficient (Wildman–Crippen LogP) is 3.79. The van der Waals surface area contributed by atoms with Gasteiger partial charge in [0, 0.05) is 12.1 Å². The number of nitrogens with zero attached hydrogens (tertiary/aromatic N) is 2. The molecule has 146 valence electrons. The second kappa shape index (κ2) is 10.0. The van der Waals surface area contributed by atoms with Gasteiger partial charge in [-0.05, 0) is 69.2 Å². The first-order chi connectivity index (χ1) is 13.3. The highest BCUT2D eigenvalue weighted by Crippen LogP contribution is 2.24. The van der Waals surface area contributed by atoms with Crippen LogP contribution in [0.15, 0.2) is 41.4 Å². The molecule has 0 spiro atoms. The number of ether oxygens (including phenoxy) is 1. The van der Waals surface area contributed by atoms with E-state index in [0.717, 1.165) is 35.2 Å². The Morgan fingerprint density at radius 1 is 1.18 bits per heavy atom. The lowest BCUT2D eigenvalue weighted by Gasteiger charge is -2.16. The van der Waals surface area contributed by atoms with Gasteiger partial charge in [0.1, 0.15) is 11.6 Å². The molecule has 2 N–H and O–H groups in total. The first-order valence-electron chi connectivity index (χ1n) is 9.15. The highest BCUT2D eigenvalue weighted by atomic mass is 32.1. The standard InChI is InChI=1S/C23H27N3OS/c1-6-12-26(5)13-11-20-14-18(4)21(15-17(20)3)27-23(28)25-22(24)19-9-7-16(2)8-10-19/h1,7-10,14-15H,11-13H2,2-5H3,(H2,24,25,28). The number of aliphatic imine (C=N–C) groups is 1. The molecule has 0 unspecified atom stereocenters. The van der Waals surface area contributed by atoms with Gasteiger partial charge in [0.15, 0.2) is 0 Å². The Morgan fingerprint density at radius 2 is 1.86 bits per heavy atom. The lowest BCUT2D eigenvalue weighted by atomic mass is 10.0. The summed E-state index contributed by atoms with van der Waals surface area (Å²) in [6.45, 7) is 7.63. The minimum atomic E-state index is 0.0991. The molecule has 0 aliphatic rings. The molecule has 0 radical (unpaired) electrons. The third kappa shape index (κ3) is 6.19. The maximum Gasteiger partial charge on any atom is 0.290 e. The van der Waals surface area contributed by atoms with Crippen molar-refractivity contribution in [3.8, 4) is 18.1 Å². The SMILES string of the molecule is C#CCN(C)CCc1cc(C)c(OC(=S)N=C(N)c2ccc(C)cc2)cc1C. The zero-order valence-corrected chi connectivity index (χ0v) is 17.8. The summed E-state index contributed by atoms with van der Waals surface area (Å²) in [5, 5.41) is 0.0991. The fraction of sp³-hybridized carbons (Fsp3) is 0.304. The van der Waals surface area contributed by atoms with E-state index in [-0.39, 0.29) is 5.17 Å². The molecule has 0 aromatic heterocycles. The molecule has 0 heterocycles. The van der Waals surface area contributed by atoms with Crippen LogP contribution < -0.4 is 10.5 Å². The molecule has 0 amide bonds. The molecule has 0 aliphatic carbocycles. The van der Waals surface area contributed by atoms with Crippen LogP contribution in [-0.2, 0) is 6.42 Å². The minimum Gasteiger partial charge on any atom is -0.430 e. The molecular weight excluding hydrogens is 366 g/mol. The lowest BCUT2D eigenvalue weighted by Crippen LogP contribution is -2.21. The van der Waals surface area contributed by atoms with Crippen LogP contribution in [0, 0.1) is 33.1 Å². The number of terminal acetylenes is 1. The molecule has 0 fully saturated rings. The predicted molar refractivity (Wildman–Crippen MR) is 121 cm³/mol. The maximum absolute atomic E-state index is 6.05. The van der Waals surface area contributed by atoms with Crippen LogP contribution in [-0.4, -0.2) is 36.0 Å². The molecule has 0 aliphatic heterocycles. The normalized spacial score (nSPS) is 11.4. The Hall–Kier alpha value is -2.68. The Labute approximate surface area is 173 Å². The van der Waals surface area contributed by atoms with Gasteiger partial charge in [-0.15, -0.1) is 6.42 Å². The molecule has 0 saturated carbocycles. The van der Waals surface area contributed by atoms with E-state index in [1.165, 1.54) is 5.56 Å². The van der Waals surface area contributed by atoms with Crippen LogP contribution in [0.3, 0.4) is 0 Å². The summed E-state index contributed by atoms with van der Waals surface area (Å²) < 4.78 is 5.79. The van der Waals surface area contributed by atoms with Crippen LogP contribution in [0.25, 0.3) is 0 Å². The molecule has 0 bridgehead atoms. The Bertz CT molecular complexity index is 911. The van der Waals surface area contributed by atoms with Crippen LogP contribution in [0.5, 0.6) is 5.75 Å². The molecule has 0 atom stereocenters. The Morgan fingerprint density at radius 3 is 2.50 bits per heavy atom. The van der Waals surface area contributed by atoms with E-state index in [4.69, 9.17) is 29.1 Å². The van der Waals surface area contributed by atoms with Gasteiger partial charge in [-0.1, -0.05) is 41.8 Å². The van der Waals surface area contributed by atoms with Gasteiger partial charge < -0.3 is 10.5 Å². The maximum atomic E-state index is 6.05. The molecule has 0 saturated heterocycles. The molecule has 5 heteroatoms. The summed E-state index contributed by atoms with van der Waals surface area (Å²) in [4.78, 5) is 6.35. The number of hydrogen-bond donors (Lipinski definition) is 1. The number of rotatable bonds is 6. The number of hydrogen-bond acceptors (Lipinski definition) is 3. The number of likely N-dealkylation sites (N-methyl/N-ethyl adjacent to an activating group) is 1. The quantitative estimate of drug-likeness (QED) is 0.351. The van der Waals surface area contributed by atoms with E-state index in [2.05, 4.69) is 28.8 Å². The van der Waals surface area contributed by atoms with Crippen molar-refractivity contribution in [1.29, 1.82) is 0 Å². The largest absolute Gasteiger partial charge is 0.430 e. The summed E-state index contributed by atoms with van der Waals surface area (Å²) >= 11 is 5.27. The first kappa shape index (κ1) is 21.6. The number of aryl methyl sites for hydroxylation is 3. The third-order valence-electron chi connectivity index (χ3n) is 4.51. The summed E-state index contributed by atoms with van der Waals surface area (Å²) in [6, 6.07) is 11.9. The highest BCUT2D eigenvalue weighted by molar-refractivity contribution is 7.80. The minimum absolute atomic E-state index is 0.0991. The summed E-state index contributed by atoms with van der Waals surface area (Å²) in [7, 11) is 2.02. The van der Waals surface area contributed by atoms with Gasteiger partial charge in [-0.3, -0.25) is 4.90 Å². The van der Waals surface area contributed by atoms with E-state index in [9.17, 15) is 0 Å². The second-order valence-corrected chi connectivity index (χ2v) is 7.32. The van der Waals surface area contributed by atoms with Gasteiger partial charge >= 0.3 is 0 Å². The average Bonchev–Trinajstić information content (AvgIpc) is 2.64. The van der Waals surface area contributed by atoms with Gasteiger partial charge in [0.05, 0.1) is 6.54 Å². The molecular formula is C23H27N3OS. The molecule has 2 aromatic rings. The second-order valence-electron chi connectivity index (χ2n) is 6.97. The van der Waals surface area contributed by atoms with Crippen molar-refractivity contribution in [3.05, 3.63) is 64.2 Å². The smallest absolute Gasteiger partial charge is 0.290 e. The van der Waals surface area contributed by atoms with Crippen molar-refractivity contribution in [2.45, 2.75) is 27.2 Å². The fourth-order valence-electron chi connectivity index (χ4n) is 2.78. The van der Waals surface area contributed by atoms with Crippen molar-refractivity contribution in [2.24, 2.45) is 10.7 Å². The van der Waals surface area contributed by atoms with Gasteiger partial charge in [-0.2, -0.15) is 4.99 Å². The van der Waals surface area contributed by atoms with E-state index < -0.39 is 0 Å². The van der Waals surface area contributed by atoms with Crippen LogP contribution in [0.2, 0.25) is 0 Å². The van der Waals surface area contributed by atoms with Crippen LogP contribution in [0.1, 0.15) is 27.8 Å². The molecule has 2 aromatic carbocycles. The monoisotopic (exact) mass is 393 g/mol. The van der Waals surface area contributed by atoms with Crippen molar-refractivity contribution in [1.82, 2.24) is 4.90 Å². The summed E-state index contributed by atoms with van der Waals surface area (Å²) in [5.74, 6) is 3.70. The first-order valence-corrected chi connectivity index (χ1v) is 9.56. The molecule has 2 rings (SSSR count). The summed E-state index contributed by atoms with van der Waals surface area (Å²) in [5.41, 5.74) is 11.4. The summed E-state index contributed by atoms with van der Waals surface area (Å²) in [6.07, 6.45) is 6.28. The molecule has 4 nitrogen and oxygen atoms in total. The Balaban J connectivity index is 2.08. The van der Waals surface area contributed by atoms with Crippen LogP contribution in [0.4, 0.5) is 0 Å². The van der Waals surface area contributed by atoms with E-state index in [0.29, 0.717) is 18.1 Å². The molecule has 28 heavy (non-hydrogen) atoms. The van der Waals surface area contributed by atoms with E-state index in [1.807, 2.05) is 51.2 Å². The fourth-order valence-corrected chi connectivity index (χ4v) is 2.97.